The Balaban J connectivity index is 2.55. The van der Waals surface area contributed by atoms with Crippen molar-refractivity contribution < 1.29 is 4.74 Å². The molecule has 0 saturated carbocycles. The highest BCUT2D eigenvalue weighted by Crippen LogP contribution is 2.16. The van der Waals surface area contributed by atoms with E-state index in [9.17, 15) is 0 Å². The number of benzene rings is 1. The molecule has 0 aliphatic carbocycles. The second-order valence-electron chi connectivity index (χ2n) is 4.48. The molecule has 1 aromatic rings. The molecule has 0 unspecified atom stereocenters. The molecule has 110 valence electrons. The van der Waals surface area contributed by atoms with Gasteiger partial charge in [0, 0.05) is 17.5 Å². The summed E-state index contributed by atoms with van der Waals surface area (Å²) in [5, 5.41) is 7.95. The first kappa shape index (κ1) is 16.4. The van der Waals surface area contributed by atoms with Crippen LogP contribution in [0.2, 0.25) is 0 Å². The van der Waals surface area contributed by atoms with Gasteiger partial charge in [0.25, 0.3) is 0 Å². The average molecular weight is 293 g/mol. The van der Waals surface area contributed by atoms with Crippen LogP contribution in [0.4, 0.5) is 5.69 Å². The number of hydrogen-bond acceptors (Lipinski definition) is 3. The van der Waals surface area contributed by atoms with Crippen LogP contribution in [0.1, 0.15) is 39.5 Å². The van der Waals surface area contributed by atoms with Gasteiger partial charge in [-0.15, -0.1) is 0 Å². The molecule has 1 rings (SSSR count). The minimum atomic E-state index is 0.489. The van der Waals surface area contributed by atoms with Gasteiger partial charge < -0.3 is 10.1 Å². The highest BCUT2D eigenvalue weighted by molar-refractivity contribution is 7.80. The lowest BCUT2D eigenvalue weighted by Gasteiger charge is -2.10. The van der Waals surface area contributed by atoms with Crippen molar-refractivity contribution in [2.24, 2.45) is 5.10 Å². The predicted octanol–water partition coefficient (Wildman–Crippen LogP) is 3.94. The van der Waals surface area contributed by atoms with Crippen LogP contribution in [-0.2, 0) is 0 Å². The number of anilines is 1. The second-order valence-corrected chi connectivity index (χ2v) is 4.88. The quantitative estimate of drug-likeness (QED) is 0.454. The van der Waals surface area contributed by atoms with Gasteiger partial charge in [-0.1, -0.05) is 32.8 Å². The van der Waals surface area contributed by atoms with E-state index in [0.29, 0.717) is 5.11 Å². The van der Waals surface area contributed by atoms with E-state index in [1.54, 1.807) is 7.11 Å². The minimum absolute atomic E-state index is 0.489. The molecular weight excluding hydrogens is 270 g/mol. The van der Waals surface area contributed by atoms with E-state index in [1.807, 2.05) is 24.3 Å². The van der Waals surface area contributed by atoms with Gasteiger partial charge in [0.2, 0.25) is 0 Å². The summed E-state index contributed by atoms with van der Waals surface area (Å²) in [6, 6.07) is 7.61. The van der Waals surface area contributed by atoms with Crippen molar-refractivity contribution in [3.63, 3.8) is 0 Å². The SMILES string of the molecule is CCCC(CCC)=NNC(=S)Nc1cccc(OC)c1. The molecule has 0 amide bonds. The summed E-state index contributed by atoms with van der Waals surface area (Å²) in [5.41, 5.74) is 4.94. The summed E-state index contributed by atoms with van der Waals surface area (Å²) in [7, 11) is 1.64. The van der Waals surface area contributed by atoms with E-state index in [1.165, 1.54) is 0 Å². The largest absolute Gasteiger partial charge is 0.497 e. The Labute approximate surface area is 126 Å². The van der Waals surface area contributed by atoms with Gasteiger partial charge in [-0.2, -0.15) is 5.10 Å². The maximum absolute atomic E-state index is 5.23. The fourth-order valence-electron chi connectivity index (χ4n) is 1.80. The number of methoxy groups -OCH3 is 1. The Kier molecular flexibility index (Phi) is 7.65. The summed E-state index contributed by atoms with van der Waals surface area (Å²) in [5.74, 6) is 0.791. The third-order valence-electron chi connectivity index (χ3n) is 2.72. The van der Waals surface area contributed by atoms with Gasteiger partial charge in [-0.3, -0.25) is 5.43 Å². The molecule has 0 heterocycles. The number of ether oxygens (including phenoxy) is 1. The Bertz CT molecular complexity index is 452. The standard InChI is InChI=1S/C15H23N3OS/c1-4-7-12(8-5-2)17-18-15(20)16-13-9-6-10-14(11-13)19-3/h6,9-11H,4-5,7-8H2,1-3H3,(H2,16,18,20). The molecule has 0 saturated heterocycles. The molecular formula is C15H23N3OS. The molecule has 0 aliphatic heterocycles. The monoisotopic (exact) mass is 293 g/mol. The Morgan fingerprint density at radius 2 is 1.95 bits per heavy atom. The van der Waals surface area contributed by atoms with Crippen LogP contribution in [-0.4, -0.2) is 17.9 Å². The van der Waals surface area contributed by atoms with Gasteiger partial charge >= 0.3 is 0 Å². The van der Waals surface area contributed by atoms with Gasteiger partial charge in [-0.25, -0.2) is 0 Å². The lowest BCUT2D eigenvalue weighted by atomic mass is 10.1. The maximum atomic E-state index is 5.23. The second kappa shape index (κ2) is 9.31. The van der Waals surface area contributed by atoms with Gasteiger partial charge in [0.1, 0.15) is 5.75 Å². The number of rotatable bonds is 7. The zero-order chi connectivity index (χ0) is 14.8. The molecule has 0 fully saturated rings. The van der Waals surface area contributed by atoms with E-state index < -0.39 is 0 Å². The highest BCUT2D eigenvalue weighted by atomic mass is 32.1. The van der Waals surface area contributed by atoms with Crippen LogP contribution in [0.3, 0.4) is 0 Å². The van der Waals surface area contributed by atoms with Crippen molar-refractivity contribution in [3.05, 3.63) is 24.3 Å². The van der Waals surface area contributed by atoms with Crippen LogP contribution in [0.25, 0.3) is 0 Å². The normalized spacial score (nSPS) is 9.75. The van der Waals surface area contributed by atoms with Crippen LogP contribution in [0.5, 0.6) is 5.75 Å². The molecule has 5 heteroatoms. The van der Waals surface area contributed by atoms with E-state index in [2.05, 4.69) is 29.7 Å². The molecule has 2 N–H and O–H groups in total. The molecule has 20 heavy (non-hydrogen) atoms. The van der Waals surface area contributed by atoms with Gasteiger partial charge in [-0.05, 0) is 37.2 Å². The molecule has 0 bridgehead atoms. The number of hydrazone groups is 1. The van der Waals surface area contributed by atoms with E-state index in [-0.39, 0.29) is 0 Å². The van der Waals surface area contributed by atoms with E-state index in [4.69, 9.17) is 17.0 Å². The fraction of sp³-hybridized carbons (Fsp3) is 0.467. The Morgan fingerprint density at radius 1 is 1.25 bits per heavy atom. The van der Waals surface area contributed by atoms with Crippen molar-refractivity contribution in [2.45, 2.75) is 39.5 Å². The maximum Gasteiger partial charge on any atom is 0.191 e. The smallest absolute Gasteiger partial charge is 0.191 e. The topological polar surface area (TPSA) is 45.7 Å². The van der Waals surface area contributed by atoms with E-state index in [0.717, 1.165) is 42.8 Å². The van der Waals surface area contributed by atoms with Crippen molar-refractivity contribution in [2.75, 3.05) is 12.4 Å². The zero-order valence-electron chi connectivity index (χ0n) is 12.4. The Hall–Kier alpha value is -1.62. The fourth-order valence-corrected chi connectivity index (χ4v) is 1.97. The Morgan fingerprint density at radius 3 is 2.55 bits per heavy atom. The number of hydrogen-bond donors (Lipinski definition) is 2. The summed E-state index contributed by atoms with van der Waals surface area (Å²) >= 11 is 5.23. The summed E-state index contributed by atoms with van der Waals surface area (Å²) in [4.78, 5) is 0. The van der Waals surface area contributed by atoms with Crippen LogP contribution in [0, 0.1) is 0 Å². The summed E-state index contributed by atoms with van der Waals surface area (Å²) < 4.78 is 5.17. The van der Waals surface area contributed by atoms with Gasteiger partial charge in [0.15, 0.2) is 5.11 Å². The third-order valence-corrected chi connectivity index (χ3v) is 2.91. The number of nitrogens with one attached hydrogen (secondary N) is 2. The van der Waals surface area contributed by atoms with Crippen molar-refractivity contribution in [3.8, 4) is 5.75 Å². The summed E-state index contributed by atoms with van der Waals surface area (Å²) in [6.07, 6.45) is 4.19. The highest BCUT2D eigenvalue weighted by Gasteiger charge is 2.00. The molecule has 0 atom stereocenters. The molecule has 0 spiro atoms. The van der Waals surface area contributed by atoms with Gasteiger partial charge in [0.05, 0.1) is 7.11 Å². The number of nitrogens with zero attached hydrogens (tertiary/aromatic N) is 1. The summed E-state index contributed by atoms with van der Waals surface area (Å²) in [6.45, 7) is 4.30. The first-order valence-corrected chi connectivity index (χ1v) is 7.36. The molecule has 1 aromatic carbocycles. The minimum Gasteiger partial charge on any atom is -0.497 e. The first-order chi connectivity index (χ1) is 9.69. The lowest BCUT2D eigenvalue weighted by molar-refractivity contribution is 0.415. The van der Waals surface area contributed by atoms with Crippen molar-refractivity contribution in [1.82, 2.24) is 5.43 Å². The molecule has 0 aliphatic rings. The van der Waals surface area contributed by atoms with Crippen LogP contribution < -0.4 is 15.5 Å². The van der Waals surface area contributed by atoms with Crippen molar-refractivity contribution in [1.29, 1.82) is 0 Å². The van der Waals surface area contributed by atoms with Crippen LogP contribution in [0.15, 0.2) is 29.4 Å². The van der Waals surface area contributed by atoms with E-state index >= 15 is 0 Å². The molecule has 0 radical (unpaired) electrons. The van der Waals surface area contributed by atoms with Crippen LogP contribution >= 0.6 is 12.2 Å². The average Bonchev–Trinajstić information content (AvgIpc) is 2.45. The number of thiocarbonyl (C=S) groups is 1. The molecule has 0 aromatic heterocycles. The predicted molar refractivity (Wildman–Crippen MR) is 89.6 cm³/mol. The first-order valence-electron chi connectivity index (χ1n) is 6.96. The zero-order valence-corrected chi connectivity index (χ0v) is 13.2. The lowest BCUT2D eigenvalue weighted by Crippen LogP contribution is -2.25. The van der Waals surface area contributed by atoms with Crippen molar-refractivity contribution >= 4 is 28.7 Å². The third kappa shape index (κ3) is 6.02. The molecule has 4 nitrogen and oxygen atoms in total.